The normalized spacial score (nSPS) is 23.8. The van der Waals surface area contributed by atoms with Crippen molar-refractivity contribution in [2.75, 3.05) is 0 Å². The fraction of sp³-hybridized carbons (Fsp3) is 0.750. The van der Waals surface area contributed by atoms with Gasteiger partial charge in [0.05, 0.1) is 6.10 Å². The maximum atomic E-state index is 9.76. The summed E-state index contributed by atoms with van der Waals surface area (Å²) in [6.45, 7) is 10.3. The Labute approximate surface area is 123 Å². The third-order valence-electron chi connectivity index (χ3n) is 3.20. The van der Waals surface area contributed by atoms with Gasteiger partial charge >= 0.3 is 0 Å². The number of allylic oxidation sites excluding steroid dienone is 1. The lowest BCUT2D eigenvalue weighted by molar-refractivity contribution is 0.149. The van der Waals surface area contributed by atoms with Gasteiger partial charge in [-0.2, -0.15) is 0 Å². The standard InChI is InChI=1S/C16H29N3O/c1-11(2)10-17-16(18-12(3)4)19-13(5)14-7-6-8-15(20)9-14/h10-12,15,20H,6-9H2,1-5H3,(H,18,19)/b14-13-,17-10?. The van der Waals surface area contributed by atoms with Gasteiger partial charge in [-0.15, -0.1) is 0 Å². The van der Waals surface area contributed by atoms with Gasteiger partial charge in [-0.3, -0.25) is 0 Å². The van der Waals surface area contributed by atoms with Crippen molar-refractivity contribution < 1.29 is 5.11 Å². The van der Waals surface area contributed by atoms with Gasteiger partial charge in [0.1, 0.15) is 0 Å². The van der Waals surface area contributed by atoms with Gasteiger partial charge in [-0.05, 0) is 57.9 Å². The number of hydrogen-bond acceptors (Lipinski definition) is 2. The molecule has 0 spiro atoms. The highest BCUT2D eigenvalue weighted by Crippen LogP contribution is 2.25. The highest BCUT2D eigenvalue weighted by molar-refractivity contribution is 5.89. The molecule has 0 aliphatic heterocycles. The summed E-state index contributed by atoms with van der Waals surface area (Å²) in [5, 5.41) is 13.1. The summed E-state index contributed by atoms with van der Waals surface area (Å²) >= 11 is 0. The van der Waals surface area contributed by atoms with Crippen molar-refractivity contribution in [2.24, 2.45) is 15.9 Å². The lowest BCUT2D eigenvalue weighted by atomic mass is 9.91. The third kappa shape index (κ3) is 6.33. The molecule has 2 N–H and O–H groups in total. The van der Waals surface area contributed by atoms with Crippen LogP contribution in [0.2, 0.25) is 0 Å². The lowest BCUT2D eigenvalue weighted by Gasteiger charge is -2.22. The van der Waals surface area contributed by atoms with Crippen LogP contribution in [0.1, 0.15) is 60.3 Å². The maximum absolute atomic E-state index is 9.76. The number of nitrogens with one attached hydrogen (secondary N) is 1. The first-order valence-corrected chi connectivity index (χ1v) is 7.64. The summed E-state index contributed by atoms with van der Waals surface area (Å²) in [6, 6.07) is 0.205. The molecule has 1 aliphatic rings. The van der Waals surface area contributed by atoms with Crippen LogP contribution in [0.25, 0.3) is 0 Å². The zero-order valence-corrected chi connectivity index (χ0v) is 13.5. The van der Waals surface area contributed by atoms with Crippen molar-refractivity contribution in [3.63, 3.8) is 0 Å². The molecule has 4 heteroatoms. The van der Waals surface area contributed by atoms with Crippen LogP contribution >= 0.6 is 0 Å². The Morgan fingerprint density at radius 3 is 2.60 bits per heavy atom. The van der Waals surface area contributed by atoms with Gasteiger partial charge in [-0.25, -0.2) is 9.98 Å². The van der Waals surface area contributed by atoms with E-state index in [1.165, 1.54) is 5.57 Å². The summed E-state index contributed by atoms with van der Waals surface area (Å²) in [4.78, 5) is 8.95. The maximum Gasteiger partial charge on any atom is 0.222 e. The molecule has 1 saturated carbocycles. The fourth-order valence-corrected chi connectivity index (χ4v) is 2.20. The van der Waals surface area contributed by atoms with Crippen LogP contribution in [0, 0.1) is 5.92 Å². The first-order chi connectivity index (χ1) is 9.38. The summed E-state index contributed by atoms with van der Waals surface area (Å²) < 4.78 is 0. The second-order valence-electron chi connectivity index (χ2n) is 6.17. The van der Waals surface area contributed by atoms with E-state index >= 15 is 0 Å². The predicted molar refractivity (Wildman–Crippen MR) is 86.2 cm³/mol. The SMILES string of the molecule is C/C(NC(N=CC(C)C)=NC(C)C)=C1\CCCC(O)C1. The number of aliphatic imine (C=N–C) groups is 2. The molecular formula is C16H29N3O. The van der Waals surface area contributed by atoms with E-state index in [1.54, 1.807) is 0 Å². The zero-order valence-electron chi connectivity index (χ0n) is 13.5. The zero-order chi connectivity index (χ0) is 15.1. The Kier molecular flexibility index (Phi) is 6.93. The van der Waals surface area contributed by atoms with Crippen molar-refractivity contribution in [2.45, 2.75) is 72.4 Å². The molecule has 1 atom stereocenters. The predicted octanol–water partition coefficient (Wildman–Crippen LogP) is 3.28. The molecule has 20 heavy (non-hydrogen) atoms. The quantitative estimate of drug-likeness (QED) is 0.615. The lowest BCUT2D eigenvalue weighted by Crippen LogP contribution is -2.25. The Bertz CT molecular complexity index is 395. The molecule has 0 aromatic heterocycles. The number of aliphatic hydroxyl groups excluding tert-OH is 1. The van der Waals surface area contributed by atoms with Crippen molar-refractivity contribution in [3.8, 4) is 0 Å². The molecule has 1 unspecified atom stereocenters. The highest BCUT2D eigenvalue weighted by atomic mass is 16.3. The van der Waals surface area contributed by atoms with Crippen LogP contribution in [0.5, 0.6) is 0 Å². The molecule has 0 amide bonds. The number of rotatable bonds is 3. The Morgan fingerprint density at radius 1 is 1.35 bits per heavy atom. The molecule has 114 valence electrons. The van der Waals surface area contributed by atoms with E-state index in [2.05, 4.69) is 29.1 Å². The van der Waals surface area contributed by atoms with Crippen LogP contribution in [0.3, 0.4) is 0 Å². The first kappa shape index (κ1) is 16.9. The second-order valence-corrected chi connectivity index (χ2v) is 6.17. The van der Waals surface area contributed by atoms with Crippen molar-refractivity contribution in [1.29, 1.82) is 0 Å². The average Bonchev–Trinajstić information content (AvgIpc) is 2.35. The summed E-state index contributed by atoms with van der Waals surface area (Å²) in [7, 11) is 0. The molecule has 1 aliphatic carbocycles. The van der Waals surface area contributed by atoms with Gasteiger partial charge in [0.25, 0.3) is 0 Å². The molecule has 0 heterocycles. The first-order valence-electron chi connectivity index (χ1n) is 7.64. The van der Waals surface area contributed by atoms with Crippen molar-refractivity contribution >= 4 is 12.2 Å². The molecule has 4 nitrogen and oxygen atoms in total. The fourth-order valence-electron chi connectivity index (χ4n) is 2.20. The molecule has 1 fully saturated rings. The van der Waals surface area contributed by atoms with Crippen LogP contribution in [0.15, 0.2) is 21.3 Å². The van der Waals surface area contributed by atoms with Crippen LogP contribution in [-0.4, -0.2) is 29.4 Å². The molecule has 0 bridgehead atoms. The van der Waals surface area contributed by atoms with Gasteiger partial charge in [-0.1, -0.05) is 13.8 Å². The van der Waals surface area contributed by atoms with E-state index in [-0.39, 0.29) is 12.1 Å². The van der Waals surface area contributed by atoms with E-state index in [1.807, 2.05) is 27.0 Å². The van der Waals surface area contributed by atoms with E-state index in [0.717, 1.165) is 31.4 Å². The Hall–Kier alpha value is -1.16. The van der Waals surface area contributed by atoms with E-state index < -0.39 is 0 Å². The number of guanidine groups is 1. The number of hydrogen-bond donors (Lipinski definition) is 2. The Balaban J connectivity index is 2.80. The van der Waals surface area contributed by atoms with Gasteiger partial charge in [0.2, 0.25) is 5.96 Å². The molecule has 0 saturated heterocycles. The van der Waals surface area contributed by atoms with Gasteiger partial charge < -0.3 is 10.4 Å². The van der Waals surface area contributed by atoms with Crippen LogP contribution < -0.4 is 5.32 Å². The minimum absolute atomic E-state index is 0.194. The number of nitrogens with zero attached hydrogens (tertiary/aromatic N) is 2. The Morgan fingerprint density at radius 2 is 2.05 bits per heavy atom. The summed E-state index contributed by atoms with van der Waals surface area (Å²) in [5.74, 6) is 1.07. The van der Waals surface area contributed by atoms with E-state index in [9.17, 15) is 5.11 Å². The van der Waals surface area contributed by atoms with E-state index in [0.29, 0.717) is 11.9 Å². The van der Waals surface area contributed by atoms with Gasteiger partial charge in [0.15, 0.2) is 0 Å². The number of aliphatic hydroxyl groups is 1. The largest absolute Gasteiger partial charge is 0.393 e. The van der Waals surface area contributed by atoms with Gasteiger partial charge in [0, 0.05) is 18.0 Å². The molecule has 0 aromatic rings. The second kappa shape index (κ2) is 8.20. The van der Waals surface area contributed by atoms with Crippen molar-refractivity contribution in [3.05, 3.63) is 11.3 Å². The average molecular weight is 279 g/mol. The van der Waals surface area contributed by atoms with Crippen LogP contribution in [-0.2, 0) is 0 Å². The molecule has 0 aromatic carbocycles. The van der Waals surface area contributed by atoms with Crippen molar-refractivity contribution in [1.82, 2.24) is 5.32 Å². The highest BCUT2D eigenvalue weighted by Gasteiger charge is 2.16. The summed E-state index contributed by atoms with van der Waals surface area (Å²) in [6.07, 6.45) is 5.50. The third-order valence-corrected chi connectivity index (χ3v) is 3.20. The van der Waals surface area contributed by atoms with Crippen LogP contribution in [0.4, 0.5) is 0 Å². The monoisotopic (exact) mass is 279 g/mol. The smallest absolute Gasteiger partial charge is 0.222 e. The molecule has 1 rings (SSSR count). The minimum Gasteiger partial charge on any atom is -0.393 e. The molecule has 0 radical (unpaired) electrons. The topological polar surface area (TPSA) is 57.0 Å². The van der Waals surface area contributed by atoms with E-state index in [4.69, 9.17) is 0 Å². The molecular weight excluding hydrogens is 250 g/mol. The summed E-state index contributed by atoms with van der Waals surface area (Å²) in [5.41, 5.74) is 2.38. The minimum atomic E-state index is -0.194.